The van der Waals surface area contributed by atoms with Gasteiger partial charge in [-0.25, -0.2) is 0 Å². The van der Waals surface area contributed by atoms with E-state index in [4.69, 9.17) is 9.47 Å². The van der Waals surface area contributed by atoms with Crippen molar-refractivity contribution in [3.63, 3.8) is 0 Å². The van der Waals surface area contributed by atoms with Crippen molar-refractivity contribution in [2.45, 2.75) is 12.8 Å². The van der Waals surface area contributed by atoms with Crippen molar-refractivity contribution >= 4 is 52.9 Å². The number of benzene rings is 1. The first-order valence-corrected chi connectivity index (χ1v) is 9.83. The molecule has 1 aliphatic rings. The molecule has 1 aromatic carbocycles. The summed E-state index contributed by atoms with van der Waals surface area (Å²) in [7, 11) is 1.72. The summed E-state index contributed by atoms with van der Waals surface area (Å²) < 4.78 is 11.3. The van der Waals surface area contributed by atoms with Crippen molar-refractivity contribution < 1.29 is 14.3 Å². The fourth-order valence-electron chi connectivity index (χ4n) is 2.55. The number of nitrogens with one attached hydrogen (secondary N) is 3. The predicted octanol–water partition coefficient (Wildman–Crippen LogP) is 3.33. The lowest BCUT2D eigenvalue weighted by Crippen LogP contribution is -2.33. The molecular weight excluding hydrogens is 491 g/mol. The molecule has 152 valence electrons. The van der Waals surface area contributed by atoms with E-state index in [0.717, 1.165) is 34.9 Å². The molecule has 0 saturated carbocycles. The maximum atomic E-state index is 11.9. The second-order valence-corrected chi connectivity index (χ2v) is 6.87. The minimum atomic E-state index is -0.0281. The van der Waals surface area contributed by atoms with Crippen molar-refractivity contribution in [1.29, 1.82) is 0 Å². The van der Waals surface area contributed by atoms with Crippen molar-refractivity contribution in [1.82, 2.24) is 10.6 Å². The lowest BCUT2D eigenvalue weighted by Gasteiger charge is -2.14. The number of aliphatic imine (C=N–C) groups is 1. The topological polar surface area (TPSA) is 84.0 Å². The number of fused-ring (bicyclic) bond motifs is 1. The molecule has 0 radical (unpaired) electrons. The number of anilines is 1. The molecule has 0 saturated heterocycles. The van der Waals surface area contributed by atoms with Crippen molar-refractivity contribution in [3.8, 4) is 11.5 Å². The van der Waals surface area contributed by atoms with E-state index in [1.165, 1.54) is 11.3 Å². The molecule has 28 heavy (non-hydrogen) atoms. The molecule has 9 heteroatoms. The van der Waals surface area contributed by atoms with E-state index in [-0.39, 0.29) is 29.9 Å². The number of nitrogens with zero attached hydrogens (tertiary/aromatic N) is 1. The third-order valence-corrected chi connectivity index (χ3v) is 4.78. The maximum absolute atomic E-state index is 11.9. The van der Waals surface area contributed by atoms with Gasteiger partial charge in [0, 0.05) is 38.3 Å². The average molecular weight is 516 g/mol. The Morgan fingerprint density at radius 3 is 2.68 bits per heavy atom. The van der Waals surface area contributed by atoms with Gasteiger partial charge in [0.15, 0.2) is 17.5 Å². The van der Waals surface area contributed by atoms with Crippen LogP contribution in [0.3, 0.4) is 0 Å². The van der Waals surface area contributed by atoms with E-state index in [2.05, 4.69) is 20.9 Å². The number of ether oxygens (including phenoxy) is 2. The Labute approximate surface area is 185 Å². The third-order valence-electron chi connectivity index (χ3n) is 3.91. The van der Waals surface area contributed by atoms with Crippen LogP contribution in [0.4, 0.5) is 5.69 Å². The zero-order valence-corrected chi connectivity index (χ0v) is 18.8. The first kappa shape index (κ1) is 22.3. The predicted molar refractivity (Wildman–Crippen MR) is 124 cm³/mol. The van der Waals surface area contributed by atoms with Crippen molar-refractivity contribution in [2.75, 3.05) is 38.7 Å². The minimum absolute atomic E-state index is 0. The van der Waals surface area contributed by atoms with Gasteiger partial charge in [-0.3, -0.25) is 9.79 Å². The highest BCUT2D eigenvalue weighted by Gasteiger charge is 2.11. The Kier molecular flexibility index (Phi) is 9.35. The van der Waals surface area contributed by atoms with Gasteiger partial charge in [0.2, 0.25) is 0 Å². The van der Waals surface area contributed by atoms with Crippen LogP contribution in [0.25, 0.3) is 0 Å². The highest BCUT2D eigenvalue weighted by atomic mass is 127. The van der Waals surface area contributed by atoms with Gasteiger partial charge in [0.1, 0.15) is 0 Å². The Balaban J connectivity index is 0.00000280. The number of rotatable bonds is 6. The molecule has 3 rings (SSSR count). The van der Waals surface area contributed by atoms with E-state index in [9.17, 15) is 4.79 Å². The molecule has 0 unspecified atom stereocenters. The molecule has 0 atom stereocenters. The SMILES string of the molecule is CN=C(NCCCNC(=O)c1cccs1)Nc1ccc2c(c1)OCCCO2.I. The first-order valence-electron chi connectivity index (χ1n) is 8.95. The molecule has 2 aromatic rings. The van der Waals surface area contributed by atoms with Crippen LogP contribution >= 0.6 is 35.3 Å². The monoisotopic (exact) mass is 516 g/mol. The van der Waals surface area contributed by atoms with Gasteiger partial charge >= 0.3 is 0 Å². The smallest absolute Gasteiger partial charge is 0.261 e. The summed E-state index contributed by atoms with van der Waals surface area (Å²) in [5, 5.41) is 11.3. The highest BCUT2D eigenvalue weighted by molar-refractivity contribution is 14.0. The molecule has 1 aliphatic heterocycles. The summed E-state index contributed by atoms with van der Waals surface area (Å²) in [4.78, 5) is 16.8. The van der Waals surface area contributed by atoms with Gasteiger partial charge in [-0.2, -0.15) is 0 Å². The number of thiophene rings is 1. The zero-order valence-electron chi connectivity index (χ0n) is 15.7. The summed E-state index contributed by atoms with van der Waals surface area (Å²) in [5.41, 5.74) is 0.873. The minimum Gasteiger partial charge on any atom is -0.490 e. The highest BCUT2D eigenvalue weighted by Crippen LogP contribution is 2.32. The fraction of sp³-hybridized carbons (Fsp3) is 0.368. The van der Waals surface area contributed by atoms with Crippen LogP contribution < -0.4 is 25.4 Å². The van der Waals surface area contributed by atoms with Crippen molar-refractivity contribution in [3.05, 3.63) is 40.6 Å². The van der Waals surface area contributed by atoms with Crippen LogP contribution in [0.5, 0.6) is 11.5 Å². The number of amides is 1. The van der Waals surface area contributed by atoms with Crippen LogP contribution in [0, 0.1) is 0 Å². The molecule has 3 N–H and O–H groups in total. The number of carbonyl (C=O) groups is 1. The lowest BCUT2D eigenvalue weighted by molar-refractivity contribution is 0.0957. The standard InChI is InChI=1S/C19H24N4O3S.HI/c1-20-19(22-9-3-8-21-18(24)17-5-2-12-27-17)23-14-6-7-15-16(13-14)26-11-4-10-25-15;/h2,5-7,12-13H,3-4,8-11H2,1H3,(H,21,24)(H2,20,22,23);1H. The Hall–Kier alpha value is -2.01. The quantitative estimate of drug-likeness (QED) is 0.238. The van der Waals surface area contributed by atoms with Crippen LogP contribution in [-0.2, 0) is 0 Å². The molecule has 0 spiro atoms. The Bertz CT molecular complexity index is 783. The average Bonchev–Trinajstić information content (AvgIpc) is 3.13. The number of hydrogen-bond acceptors (Lipinski definition) is 5. The lowest BCUT2D eigenvalue weighted by atomic mass is 10.2. The summed E-state index contributed by atoms with van der Waals surface area (Å²) in [6.45, 7) is 2.62. The molecule has 2 heterocycles. The number of guanidine groups is 1. The van der Waals surface area contributed by atoms with Gasteiger partial charge < -0.3 is 25.4 Å². The van der Waals surface area contributed by atoms with Crippen LogP contribution in [0.1, 0.15) is 22.5 Å². The number of halogens is 1. The Morgan fingerprint density at radius 2 is 1.93 bits per heavy atom. The molecule has 0 aliphatic carbocycles. The van der Waals surface area contributed by atoms with Crippen LogP contribution in [0.15, 0.2) is 40.7 Å². The normalized spacial score (nSPS) is 13.1. The zero-order chi connectivity index (χ0) is 18.9. The molecule has 0 fully saturated rings. The van der Waals surface area contributed by atoms with Crippen LogP contribution in [0.2, 0.25) is 0 Å². The molecule has 7 nitrogen and oxygen atoms in total. The van der Waals surface area contributed by atoms with E-state index in [1.807, 2.05) is 35.7 Å². The fourth-order valence-corrected chi connectivity index (χ4v) is 3.19. The summed E-state index contributed by atoms with van der Waals surface area (Å²) in [6, 6.07) is 9.43. The van der Waals surface area contributed by atoms with E-state index in [0.29, 0.717) is 32.3 Å². The number of carbonyl (C=O) groups excluding carboxylic acids is 1. The molecule has 1 amide bonds. The summed E-state index contributed by atoms with van der Waals surface area (Å²) in [6.07, 6.45) is 1.67. The molecule has 0 bridgehead atoms. The molecular formula is C19H25IN4O3S. The van der Waals surface area contributed by atoms with Gasteiger partial charge in [0.05, 0.1) is 18.1 Å². The maximum Gasteiger partial charge on any atom is 0.261 e. The van der Waals surface area contributed by atoms with Gasteiger partial charge in [-0.1, -0.05) is 6.07 Å². The Morgan fingerprint density at radius 1 is 1.14 bits per heavy atom. The van der Waals surface area contributed by atoms with Gasteiger partial charge in [0.25, 0.3) is 5.91 Å². The first-order chi connectivity index (χ1) is 13.3. The van der Waals surface area contributed by atoms with E-state index >= 15 is 0 Å². The molecule has 1 aromatic heterocycles. The van der Waals surface area contributed by atoms with E-state index < -0.39 is 0 Å². The second-order valence-electron chi connectivity index (χ2n) is 5.92. The second kappa shape index (κ2) is 11.7. The largest absolute Gasteiger partial charge is 0.490 e. The van der Waals surface area contributed by atoms with Crippen LogP contribution in [-0.4, -0.2) is 45.2 Å². The summed E-state index contributed by atoms with van der Waals surface area (Å²) >= 11 is 1.44. The van der Waals surface area contributed by atoms with E-state index in [1.54, 1.807) is 7.05 Å². The van der Waals surface area contributed by atoms with Gasteiger partial charge in [-0.15, -0.1) is 35.3 Å². The van der Waals surface area contributed by atoms with Gasteiger partial charge in [-0.05, 0) is 30.0 Å². The third kappa shape index (κ3) is 6.55. The van der Waals surface area contributed by atoms with Crippen molar-refractivity contribution in [2.24, 2.45) is 4.99 Å². The number of hydrogen-bond donors (Lipinski definition) is 3. The summed E-state index contributed by atoms with van der Waals surface area (Å²) in [5.74, 6) is 2.14.